The van der Waals surface area contributed by atoms with Gasteiger partial charge < -0.3 is 14.7 Å². The van der Waals surface area contributed by atoms with Crippen LogP contribution in [-0.2, 0) is 4.74 Å². The van der Waals surface area contributed by atoms with Crippen molar-refractivity contribution in [3.8, 4) is 0 Å². The lowest BCUT2D eigenvalue weighted by Gasteiger charge is -2.26. The van der Waals surface area contributed by atoms with Gasteiger partial charge in [0.25, 0.3) is 0 Å². The van der Waals surface area contributed by atoms with Gasteiger partial charge >= 0.3 is 6.09 Å². The van der Waals surface area contributed by atoms with E-state index in [-0.39, 0.29) is 6.54 Å². The Kier molecular flexibility index (Phi) is 4.89. The molecule has 0 bridgehead atoms. The van der Waals surface area contributed by atoms with Crippen molar-refractivity contribution in [2.24, 2.45) is 0 Å². The minimum atomic E-state index is -0.951. The van der Waals surface area contributed by atoms with Crippen LogP contribution in [0.1, 0.15) is 32.4 Å². The van der Waals surface area contributed by atoms with E-state index in [1.165, 1.54) is 30.1 Å². The lowest BCUT2D eigenvalue weighted by Crippen LogP contribution is -2.36. The van der Waals surface area contributed by atoms with Gasteiger partial charge in [-0.25, -0.2) is 9.18 Å². The van der Waals surface area contributed by atoms with Crippen LogP contribution in [0.4, 0.5) is 9.18 Å². The Labute approximate surface area is 112 Å². The van der Waals surface area contributed by atoms with Crippen LogP contribution in [0.3, 0.4) is 0 Å². The fraction of sp³-hybridized carbons (Fsp3) is 0.500. The van der Waals surface area contributed by atoms with Gasteiger partial charge in [0.2, 0.25) is 0 Å². The second-order valence-electron chi connectivity index (χ2n) is 5.43. The van der Waals surface area contributed by atoms with E-state index in [1.54, 1.807) is 26.8 Å². The number of benzene rings is 1. The number of hydrogen-bond acceptors (Lipinski definition) is 3. The van der Waals surface area contributed by atoms with Gasteiger partial charge in [0.05, 0.1) is 12.6 Å². The number of ether oxygens (including phenoxy) is 1. The first-order valence-corrected chi connectivity index (χ1v) is 6.06. The monoisotopic (exact) mass is 269 g/mol. The Bertz CT molecular complexity index is 443. The molecule has 0 fully saturated rings. The number of rotatable bonds is 3. The highest BCUT2D eigenvalue weighted by Crippen LogP contribution is 2.16. The molecule has 1 rings (SSSR count). The van der Waals surface area contributed by atoms with Crippen molar-refractivity contribution in [1.82, 2.24) is 4.90 Å². The fourth-order valence-corrected chi connectivity index (χ4v) is 1.49. The van der Waals surface area contributed by atoms with Gasteiger partial charge in [-0.15, -0.1) is 0 Å². The first-order chi connectivity index (χ1) is 8.69. The summed E-state index contributed by atoms with van der Waals surface area (Å²) in [4.78, 5) is 13.0. The average molecular weight is 269 g/mol. The topological polar surface area (TPSA) is 49.8 Å². The average Bonchev–Trinajstić information content (AvgIpc) is 2.26. The summed E-state index contributed by atoms with van der Waals surface area (Å²) in [7, 11) is 1.52. The van der Waals surface area contributed by atoms with Crippen LogP contribution in [0, 0.1) is 5.82 Å². The summed E-state index contributed by atoms with van der Waals surface area (Å²) >= 11 is 0. The molecule has 0 saturated carbocycles. The molecule has 5 heteroatoms. The molecular weight excluding hydrogens is 249 g/mol. The Morgan fingerprint density at radius 3 is 2.63 bits per heavy atom. The smallest absolute Gasteiger partial charge is 0.410 e. The molecule has 0 aliphatic carbocycles. The molecule has 0 radical (unpaired) electrons. The predicted octanol–water partition coefficient (Wildman–Crippen LogP) is 2.73. The Balaban J connectivity index is 2.61. The van der Waals surface area contributed by atoms with Gasteiger partial charge in [0.15, 0.2) is 0 Å². The first kappa shape index (κ1) is 15.4. The number of amides is 1. The number of likely N-dealkylation sites (N-methyl/N-ethyl adjacent to an activating group) is 1. The second kappa shape index (κ2) is 6.02. The van der Waals surface area contributed by atoms with Gasteiger partial charge in [-0.05, 0) is 38.5 Å². The molecule has 0 aromatic heterocycles. The zero-order valence-corrected chi connectivity index (χ0v) is 11.7. The minimum absolute atomic E-state index is 0.0400. The summed E-state index contributed by atoms with van der Waals surface area (Å²) in [6, 6.07) is 5.67. The number of aliphatic hydroxyl groups is 1. The van der Waals surface area contributed by atoms with E-state index in [2.05, 4.69) is 0 Å². The van der Waals surface area contributed by atoms with Crippen molar-refractivity contribution in [1.29, 1.82) is 0 Å². The highest BCUT2D eigenvalue weighted by atomic mass is 19.1. The fourth-order valence-electron chi connectivity index (χ4n) is 1.49. The van der Waals surface area contributed by atoms with Gasteiger partial charge in [0, 0.05) is 7.05 Å². The van der Waals surface area contributed by atoms with E-state index in [0.29, 0.717) is 5.56 Å². The summed E-state index contributed by atoms with van der Waals surface area (Å²) in [5, 5.41) is 9.95. The van der Waals surface area contributed by atoms with Crippen molar-refractivity contribution in [2.45, 2.75) is 32.5 Å². The third kappa shape index (κ3) is 5.26. The van der Waals surface area contributed by atoms with E-state index in [1.807, 2.05) is 0 Å². The molecule has 1 aromatic carbocycles. The molecule has 0 aliphatic rings. The van der Waals surface area contributed by atoms with Crippen molar-refractivity contribution in [3.05, 3.63) is 35.6 Å². The van der Waals surface area contributed by atoms with Crippen LogP contribution in [0.5, 0.6) is 0 Å². The number of carbonyl (C=O) groups is 1. The molecule has 0 saturated heterocycles. The van der Waals surface area contributed by atoms with Crippen molar-refractivity contribution in [2.75, 3.05) is 13.6 Å². The summed E-state index contributed by atoms with van der Waals surface area (Å²) in [6.07, 6.45) is -1.48. The quantitative estimate of drug-likeness (QED) is 0.918. The van der Waals surface area contributed by atoms with Gasteiger partial charge in [-0.3, -0.25) is 0 Å². The third-order valence-corrected chi connectivity index (χ3v) is 2.39. The van der Waals surface area contributed by atoms with Crippen molar-refractivity contribution in [3.63, 3.8) is 0 Å². The molecule has 1 atom stereocenters. The second-order valence-corrected chi connectivity index (χ2v) is 5.43. The summed E-state index contributed by atoms with van der Waals surface area (Å²) in [5.74, 6) is -0.420. The van der Waals surface area contributed by atoms with E-state index in [0.717, 1.165) is 0 Å². The number of carbonyl (C=O) groups excluding carboxylic acids is 1. The number of aliphatic hydroxyl groups excluding tert-OH is 1. The molecule has 1 aromatic rings. The van der Waals surface area contributed by atoms with Gasteiger partial charge in [-0.1, -0.05) is 12.1 Å². The van der Waals surface area contributed by atoms with E-state index < -0.39 is 23.6 Å². The number of halogens is 1. The van der Waals surface area contributed by atoms with Crippen LogP contribution in [-0.4, -0.2) is 35.3 Å². The Hall–Kier alpha value is -1.62. The van der Waals surface area contributed by atoms with Crippen LogP contribution in [0.15, 0.2) is 24.3 Å². The maximum atomic E-state index is 13.0. The van der Waals surface area contributed by atoms with E-state index >= 15 is 0 Å². The lowest BCUT2D eigenvalue weighted by atomic mass is 10.1. The molecule has 106 valence electrons. The zero-order valence-electron chi connectivity index (χ0n) is 11.7. The zero-order chi connectivity index (χ0) is 14.6. The maximum Gasteiger partial charge on any atom is 0.410 e. The number of hydrogen-bond donors (Lipinski definition) is 1. The third-order valence-electron chi connectivity index (χ3n) is 2.39. The molecule has 0 heterocycles. The van der Waals surface area contributed by atoms with Crippen LogP contribution >= 0.6 is 0 Å². The summed E-state index contributed by atoms with van der Waals surface area (Å²) in [5.41, 5.74) is -0.162. The molecule has 19 heavy (non-hydrogen) atoms. The summed E-state index contributed by atoms with van der Waals surface area (Å²) < 4.78 is 18.2. The predicted molar refractivity (Wildman–Crippen MR) is 70.2 cm³/mol. The highest BCUT2D eigenvalue weighted by molar-refractivity contribution is 5.67. The molecule has 0 aliphatic heterocycles. The highest BCUT2D eigenvalue weighted by Gasteiger charge is 2.21. The standard InChI is InChI=1S/C14H20FNO3/c1-14(2,3)19-13(18)16(4)9-12(17)10-6-5-7-11(15)8-10/h5-8,12,17H,9H2,1-4H3. The number of nitrogens with zero attached hydrogens (tertiary/aromatic N) is 1. The van der Waals surface area contributed by atoms with Gasteiger partial charge in [0.1, 0.15) is 11.4 Å². The lowest BCUT2D eigenvalue weighted by molar-refractivity contribution is 0.0205. The normalized spacial score (nSPS) is 12.9. The molecule has 0 spiro atoms. The van der Waals surface area contributed by atoms with Gasteiger partial charge in [-0.2, -0.15) is 0 Å². The van der Waals surface area contributed by atoms with Crippen molar-refractivity contribution >= 4 is 6.09 Å². The van der Waals surface area contributed by atoms with Crippen LogP contribution in [0.25, 0.3) is 0 Å². The first-order valence-electron chi connectivity index (χ1n) is 6.06. The molecule has 1 amide bonds. The largest absolute Gasteiger partial charge is 0.444 e. The minimum Gasteiger partial charge on any atom is -0.444 e. The maximum absolute atomic E-state index is 13.0. The van der Waals surface area contributed by atoms with Crippen molar-refractivity contribution < 1.29 is 19.0 Å². The molecule has 1 unspecified atom stereocenters. The summed E-state index contributed by atoms with van der Waals surface area (Å²) in [6.45, 7) is 5.34. The van der Waals surface area contributed by atoms with E-state index in [4.69, 9.17) is 4.74 Å². The Morgan fingerprint density at radius 1 is 1.47 bits per heavy atom. The molecule has 1 N–H and O–H groups in total. The SMILES string of the molecule is CN(CC(O)c1cccc(F)c1)C(=O)OC(C)(C)C. The Morgan fingerprint density at radius 2 is 2.11 bits per heavy atom. The van der Waals surface area contributed by atoms with Crippen LogP contribution < -0.4 is 0 Å². The van der Waals surface area contributed by atoms with E-state index in [9.17, 15) is 14.3 Å². The molecule has 4 nitrogen and oxygen atoms in total. The molecular formula is C14H20FNO3. The van der Waals surface area contributed by atoms with Crippen LogP contribution in [0.2, 0.25) is 0 Å².